The second-order valence-corrected chi connectivity index (χ2v) is 6.07. The van der Waals surface area contributed by atoms with E-state index in [1.54, 1.807) is 37.5 Å². The van der Waals surface area contributed by atoms with Crippen LogP contribution >= 0.6 is 0 Å². The Morgan fingerprint density at radius 2 is 1.73 bits per heavy atom. The first kappa shape index (κ1) is 19.1. The molecular formula is C21H22O5. The predicted octanol–water partition coefficient (Wildman–Crippen LogP) is 4.22. The maximum Gasteiger partial charge on any atom is 0.193 e. The van der Waals surface area contributed by atoms with E-state index >= 15 is 0 Å². The van der Waals surface area contributed by atoms with E-state index in [9.17, 15) is 20.1 Å². The summed E-state index contributed by atoms with van der Waals surface area (Å²) in [6.45, 7) is 3.77. The molecule has 0 amide bonds. The van der Waals surface area contributed by atoms with Crippen LogP contribution in [0.15, 0.2) is 48.1 Å². The van der Waals surface area contributed by atoms with Gasteiger partial charge in [-0.25, -0.2) is 0 Å². The van der Waals surface area contributed by atoms with Crippen molar-refractivity contribution in [3.8, 4) is 23.0 Å². The Morgan fingerprint density at radius 3 is 2.31 bits per heavy atom. The van der Waals surface area contributed by atoms with E-state index in [4.69, 9.17) is 4.74 Å². The lowest BCUT2D eigenvalue weighted by Crippen LogP contribution is -1.99. The highest BCUT2D eigenvalue weighted by Crippen LogP contribution is 2.38. The van der Waals surface area contributed by atoms with Gasteiger partial charge in [0.25, 0.3) is 0 Å². The number of rotatable bonds is 6. The first-order valence-electron chi connectivity index (χ1n) is 8.10. The van der Waals surface area contributed by atoms with E-state index in [2.05, 4.69) is 0 Å². The summed E-state index contributed by atoms with van der Waals surface area (Å²) in [4.78, 5) is 12.5. The minimum absolute atomic E-state index is 0.199. The van der Waals surface area contributed by atoms with Crippen LogP contribution in [0.1, 0.15) is 35.3 Å². The fraction of sp³-hybridized carbons (Fsp3) is 0.190. The van der Waals surface area contributed by atoms with Gasteiger partial charge in [0.1, 0.15) is 28.6 Å². The molecule has 3 N–H and O–H groups in total. The van der Waals surface area contributed by atoms with Crippen molar-refractivity contribution in [3.63, 3.8) is 0 Å². The Morgan fingerprint density at radius 1 is 1.08 bits per heavy atom. The van der Waals surface area contributed by atoms with Crippen LogP contribution in [0.3, 0.4) is 0 Å². The molecule has 0 aliphatic heterocycles. The minimum atomic E-state index is -0.561. The van der Waals surface area contributed by atoms with Gasteiger partial charge in [-0.15, -0.1) is 0 Å². The first-order valence-corrected chi connectivity index (χ1v) is 8.10. The number of hydrogen-bond acceptors (Lipinski definition) is 5. The smallest absolute Gasteiger partial charge is 0.193 e. The third kappa shape index (κ3) is 4.45. The van der Waals surface area contributed by atoms with Crippen LogP contribution in [-0.2, 0) is 6.42 Å². The van der Waals surface area contributed by atoms with E-state index in [0.29, 0.717) is 5.75 Å². The van der Waals surface area contributed by atoms with Crippen LogP contribution < -0.4 is 4.74 Å². The number of carbonyl (C=O) groups excluding carboxylic acids is 1. The van der Waals surface area contributed by atoms with Crippen LogP contribution in [0, 0.1) is 0 Å². The number of aromatic hydroxyl groups is 3. The molecular weight excluding hydrogens is 332 g/mol. The Labute approximate surface area is 152 Å². The summed E-state index contributed by atoms with van der Waals surface area (Å²) in [5.41, 5.74) is 1.74. The lowest BCUT2D eigenvalue weighted by molar-refractivity contribution is 0.104. The fourth-order valence-electron chi connectivity index (χ4n) is 2.40. The van der Waals surface area contributed by atoms with Crippen LogP contribution in [0.25, 0.3) is 6.08 Å². The second-order valence-electron chi connectivity index (χ2n) is 6.07. The van der Waals surface area contributed by atoms with Gasteiger partial charge in [0.15, 0.2) is 5.78 Å². The summed E-state index contributed by atoms with van der Waals surface area (Å²) in [7, 11) is 1.57. The molecule has 0 aliphatic rings. The Kier molecular flexibility index (Phi) is 6.07. The quantitative estimate of drug-likeness (QED) is 0.411. The molecule has 2 aromatic carbocycles. The van der Waals surface area contributed by atoms with Crippen molar-refractivity contribution in [2.45, 2.75) is 20.3 Å². The van der Waals surface area contributed by atoms with Crippen LogP contribution in [-0.4, -0.2) is 28.2 Å². The lowest BCUT2D eigenvalue weighted by atomic mass is 9.99. The molecule has 0 bridgehead atoms. The number of ether oxygens (including phenoxy) is 1. The highest BCUT2D eigenvalue weighted by molar-refractivity contribution is 6.10. The monoisotopic (exact) mass is 354 g/mol. The number of phenols is 3. The molecule has 0 aromatic heterocycles. The minimum Gasteiger partial charge on any atom is -0.507 e. The first-order chi connectivity index (χ1) is 12.3. The molecule has 0 spiro atoms. The zero-order valence-corrected chi connectivity index (χ0v) is 15.0. The van der Waals surface area contributed by atoms with Crippen molar-refractivity contribution >= 4 is 11.9 Å². The average Bonchev–Trinajstić information content (AvgIpc) is 2.59. The number of allylic oxidation sites excluding steroid dienone is 3. The van der Waals surface area contributed by atoms with E-state index < -0.39 is 17.3 Å². The van der Waals surface area contributed by atoms with Gasteiger partial charge in [-0.2, -0.15) is 0 Å². The van der Waals surface area contributed by atoms with Crippen molar-refractivity contribution in [2.75, 3.05) is 7.11 Å². The molecule has 2 rings (SSSR count). The number of ketones is 1. The summed E-state index contributed by atoms with van der Waals surface area (Å²) in [5.74, 6) is -0.997. The summed E-state index contributed by atoms with van der Waals surface area (Å²) in [5, 5.41) is 30.3. The second kappa shape index (κ2) is 8.25. The average molecular weight is 354 g/mol. The highest BCUT2D eigenvalue weighted by Gasteiger charge is 2.20. The topological polar surface area (TPSA) is 87.0 Å². The third-order valence-electron chi connectivity index (χ3n) is 3.87. The van der Waals surface area contributed by atoms with Crippen molar-refractivity contribution in [2.24, 2.45) is 0 Å². The van der Waals surface area contributed by atoms with Gasteiger partial charge < -0.3 is 20.1 Å². The molecule has 0 fully saturated rings. The molecule has 0 atom stereocenters. The number of phenolic OH excluding ortho intramolecular Hbond substituents is 3. The molecule has 0 unspecified atom stereocenters. The van der Waals surface area contributed by atoms with Crippen molar-refractivity contribution in [3.05, 3.63) is 64.7 Å². The molecule has 5 nitrogen and oxygen atoms in total. The van der Waals surface area contributed by atoms with E-state index in [1.807, 2.05) is 19.9 Å². The largest absolute Gasteiger partial charge is 0.507 e. The van der Waals surface area contributed by atoms with Gasteiger partial charge in [0.2, 0.25) is 0 Å². The van der Waals surface area contributed by atoms with E-state index in [1.165, 1.54) is 6.08 Å². The van der Waals surface area contributed by atoms with E-state index in [-0.39, 0.29) is 23.3 Å². The summed E-state index contributed by atoms with van der Waals surface area (Å²) < 4.78 is 5.07. The van der Waals surface area contributed by atoms with Gasteiger partial charge in [-0.05, 0) is 44.0 Å². The molecule has 0 aliphatic carbocycles. The lowest BCUT2D eigenvalue weighted by Gasteiger charge is -2.11. The Bertz CT molecular complexity index is 857. The normalized spacial score (nSPS) is 10.7. The number of carbonyl (C=O) groups is 1. The number of methoxy groups -OCH3 is 1. The molecule has 26 heavy (non-hydrogen) atoms. The Hall–Kier alpha value is -3.21. The molecule has 0 heterocycles. The Balaban J connectivity index is 2.33. The standard InChI is InChI=1S/C21H22O5/c1-13(2)4-10-16-18(23)12-19(24)20(21(16)25)17(22)11-7-14-5-8-15(26-3)9-6-14/h4-9,11-12,23-25H,10H2,1-3H3/b11-7+. The number of benzene rings is 2. The van der Waals surface area contributed by atoms with Crippen LogP contribution in [0.5, 0.6) is 23.0 Å². The van der Waals surface area contributed by atoms with Crippen molar-refractivity contribution in [1.82, 2.24) is 0 Å². The van der Waals surface area contributed by atoms with Crippen LogP contribution in [0.2, 0.25) is 0 Å². The van der Waals surface area contributed by atoms with Crippen LogP contribution in [0.4, 0.5) is 0 Å². The van der Waals surface area contributed by atoms with Crippen molar-refractivity contribution < 1.29 is 24.9 Å². The fourth-order valence-corrected chi connectivity index (χ4v) is 2.40. The maximum absolute atomic E-state index is 12.5. The predicted molar refractivity (Wildman–Crippen MR) is 101 cm³/mol. The van der Waals surface area contributed by atoms with Gasteiger partial charge in [-0.3, -0.25) is 4.79 Å². The molecule has 5 heteroatoms. The SMILES string of the molecule is COc1ccc(/C=C/C(=O)c2c(O)cc(O)c(CC=C(C)C)c2O)cc1. The highest BCUT2D eigenvalue weighted by atomic mass is 16.5. The summed E-state index contributed by atoms with van der Waals surface area (Å²) >= 11 is 0. The molecule has 136 valence electrons. The molecule has 0 radical (unpaired) electrons. The van der Waals surface area contributed by atoms with Gasteiger partial charge >= 0.3 is 0 Å². The van der Waals surface area contributed by atoms with Gasteiger partial charge in [-0.1, -0.05) is 29.9 Å². The van der Waals surface area contributed by atoms with E-state index in [0.717, 1.165) is 17.2 Å². The maximum atomic E-state index is 12.5. The zero-order chi connectivity index (χ0) is 19.3. The number of hydrogen-bond donors (Lipinski definition) is 3. The van der Waals surface area contributed by atoms with Gasteiger partial charge in [0, 0.05) is 11.6 Å². The van der Waals surface area contributed by atoms with Gasteiger partial charge in [0.05, 0.1) is 7.11 Å². The third-order valence-corrected chi connectivity index (χ3v) is 3.87. The summed E-state index contributed by atoms with van der Waals surface area (Å²) in [6.07, 6.45) is 4.90. The molecule has 2 aromatic rings. The molecule has 0 saturated carbocycles. The molecule has 0 saturated heterocycles. The summed E-state index contributed by atoms with van der Waals surface area (Å²) in [6, 6.07) is 8.15. The zero-order valence-electron chi connectivity index (χ0n) is 15.0. The van der Waals surface area contributed by atoms with Crippen molar-refractivity contribution in [1.29, 1.82) is 0 Å².